The van der Waals surface area contributed by atoms with Crippen LogP contribution < -0.4 is 19.5 Å². The van der Waals surface area contributed by atoms with E-state index >= 15 is 0 Å². The molecule has 0 bridgehead atoms. The zero-order valence-electron chi connectivity index (χ0n) is 17.7. The molecular weight excluding hydrogens is 396 g/mol. The second-order valence-corrected chi connectivity index (χ2v) is 6.87. The number of carbonyl (C=O) groups is 1. The van der Waals surface area contributed by atoms with Crippen molar-refractivity contribution in [3.05, 3.63) is 65.7 Å². The topological polar surface area (TPSA) is 82.8 Å². The normalized spacial score (nSPS) is 10.7. The van der Waals surface area contributed by atoms with Crippen molar-refractivity contribution >= 4 is 22.7 Å². The molecule has 0 spiro atoms. The Labute approximate surface area is 179 Å². The first kappa shape index (κ1) is 20.3. The number of aryl methyl sites for hydroxylation is 1. The second-order valence-electron chi connectivity index (χ2n) is 6.87. The molecule has 1 aromatic heterocycles. The maximum atomic E-state index is 13.1. The Kier molecular flexibility index (Phi) is 5.49. The summed E-state index contributed by atoms with van der Waals surface area (Å²) in [5.74, 6) is 1.68. The van der Waals surface area contributed by atoms with E-state index in [1.807, 2.05) is 43.3 Å². The Morgan fingerprint density at radius 2 is 1.68 bits per heavy atom. The van der Waals surface area contributed by atoms with Crippen LogP contribution >= 0.6 is 0 Å². The molecule has 4 aromatic rings. The smallest absolute Gasteiger partial charge is 0.263 e. The summed E-state index contributed by atoms with van der Waals surface area (Å²) in [6.07, 6.45) is 0. The Hall–Kier alpha value is -4.00. The monoisotopic (exact) mass is 418 g/mol. The summed E-state index contributed by atoms with van der Waals surface area (Å²) < 4.78 is 21.8. The average molecular weight is 418 g/mol. The first-order valence-electron chi connectivity index (χ1n) is 9.62. The molecule has 0 saturated heterocycles. The van der Waals surface area contributed by atoms with E-state index in [1.54, 1.807) is 25.3 Å². The SMILES string of the molecule is COc1ccc2oc(-c3ccc(C)c(NC(=O)c4c(OC)cccc4OC)c3)nc2c1. The predicted octanol–water partition coefficient (Wildman–Crippen LogP) is 5.08. The molecule has 7 nitrogen and oxygen atoms in total. The Balaban J connectivity index is 1.69. The van der Waals surface area contributed by atoms with E-state index in [0.717, 1.165) is 11.1 Å². The van der Waals surface area contributed by atoms with Gasteiger partial charge in [-0.1, -0.05) is 12.1 Å². The second kappa shape index (κ2) is 8.39. The Morgan fingerprint density at radius 3 is 2.35 bits per heavy atom. The molecule has 4 rings (SSSR count). The fourth-order valence-electron chi connectivity index (χ4n) is 3.31. The van der Waals surface area contributed by atoms with Crippen LogP contribution in [0.25, 0.3) is 22.6 Å². The largest absolute Gasteiger partial charge is 0.497 e. The first-order valence-corrected chi connectivity index (χ1v) is 9.62. The number of nitrogens with one attached hydrogen (secondary N) is 1. The number of anilines is 1. The predicted molar refractivity (Wildman–Crippen MR) is 118 cm³/mol. The molecule has 0 aliphatic carbocycles. The summed E-state index contributed by atoms with van der Waals surface area (Å²) in [5, 5.41) is 2.95. The lowest BCUT2D eigenvalue weighted by Crippen LogP contribution is -2.15. The maximum Gasteiger partial charge on any atom is 0.263 e. The molecule has 158 valence electrons. The number of nitrogens with zero attached hydrogens (tertiary/aromatic N) is 1. The lowest BCUT2D eigenvalue weighted by Gasteiger charge is -2.14. The lowest BCUT2D eigenvalue weighted by molar-refractivity contribution is 0.102. The highest BCUT2D eigenvalue weighted by Gasteiger charge is 2.19. The minimum absolute atomic E-state index is 0.325. The number of rotatable bonds is 6. The molecule has 7 heteroatoms. The third-order valence-electron chi connectivity index (χ3n) is 4.98. The van der Waals surface area contributed by atoms with Gasteiger partial charge in [0.1, 0.15) is 28.3 Å². The van der Waals surface area contributed by atoms with E-state index < -0.39 is 0 Å². The Morgan fingerprint density at radius 1 is 0.935 bits per heavy atom. The van der Waals surface area contributed by atoms with Crippen molar-refractivity contribution in [1.29, 1.82) is 0 Å². The van der Waals surface area contributed by atoms with Gasteiger partial charge in [-0.3, -0.25) is 4.79 Å². The van der Waals surface area contributed by atoms with Crippen LogP contribution in [0.1, 0.15) is 15.9 Å². The van der Waals surface area contributed by atoms with Crippen LogP contribution in [-0.2, 0) is 0 Å². The highest BCUT2D eigenvalue weighted by molar-refractivity contribution is 6.08. The van der Waals surface area contributed by atoms with E-state index in [1.165, 1.54) is 14.2 Å². The summed E-state index contributed by atoms with van der Waals surface area (Å²) in [6.45, 7) is 1.91. The van der Waals surface area contributed by atoms with Gasteiger partial charge in [0, 0.05) is 17.3 Å². The van der Waals surface area contributed by atoms with Crippen molar-refractivity contribution in [2.24, 2.45) is 0 Å². The number of ether oxygens (including phenoxy) is 3. The highest BCUT2D eigenvalue weighted by atomic mass is 16.5. The number of hydrogen-bond donors (Lipinski definition) is 1. The van der Waals surface area contributed by atoms with Gasteiger partial charge in [-0.15, -0.1) is 0 Å². The molecule has 0 atom stereocenters. The van der Waals surface area contributed by atoms with Crippen LogP contribution in [0.3, 0.4) is 0 Å². The zero-order chi connectivity index (χ0) is 22.0. The molecule has 0 fully saturated rings. The number of methoxy groups -OCH3 is 3. The summed E-state index contributed by atoms with van der Waals surface area (Å²) in [7, 11) is 4.63. The number of oxazole rings is 1. The zero-order valence-corrected chi connectivity index (χ0v) is 17.7. The van der Waals surface area contributed by atoms with Gasteiger partial charge in [-0.05, 0) is 48.9 Å². The molecule has 1 N–H and O–H groups in total. The number of carbonyl (C=O) groups excluding carboxylic acids is 1. The number of benzene rings is 3. The van der Waals surface area contributed by atoms with E-state index in [-0.39, 0.29) is 5.91 Å². The van der Waals surface area contributed by atoms with E-state index in [4.69, 9.17) is 18.6 Å². The van der Waals surface area contributed by atoms with Crippen molar-refractivity contribution in [2.75, 3.05) is 26.6 Å². The number of hydrogen-bond acceptors (Lipinski definition) is 6. The summed E-state index contributed by atoms with van der Waals surface area (Å²) in [4.78, 5) is 17.6. The van der Waals surface area contributed by atoms with Gasteiger partial charge in [0.05, 0.1) is 21.3 Å². The van der Waals surface area contributed by atoms with Gasteiger partial charge in [0.15, 0.2) is 5.58 Å². The van der Waals surface area contributed by atoms with Gasteiger partial charge in [0.2, 0.25) is 5.89 Å². The molecular formula is C24H22N2O5. The lowest BCUT2D eigenvalue weighted by atomic mass is 10.1. The molecule has 31 heavy (non-hydrogen) atoms. The van der Waals surface area contributed by atoms with Crippen molar-refractivity contribution in [1.82, 2.24) is 4.98 Å². The van der Waals surface area contributed by atoms with Gasteiger partial charge >= 0.3 is 0 Å². The minimum atomic E-state index is -0.336. The standard InChI is InChI=1S/C24H22N2O5/c1-14-8-9-15(24-26-18-13-16(28-2)10-11-19(18)31-24)12-17(14)25-23(27)22-20(29-3)6-5-7-21(22)30-4/h5-13H,1-4H3,(H,25,27). The molecule has 0 unspecified atom stereocenters. The quantitative estimate of drug-likeness (QED) is 0.470. The number of amides is 1. The molecule has 3 aromatic carbocycles. The van der Waals surface area contributed by atoms with Gasteiger partial charge in [0.25, 0.3) is 5.91 Å². The van der Waals surface area contributed by atoms with Crippen LogP contribution in [0, 0.1) is 6.92 Å². The van der Waals surface area contributed by atoms with Crippen LogP contribution in [-0.4, -0.2) is 32.2 Å². The highest BCUT2D eigenvalue weighted by Crippen LogP contribution is 2.32. The maximum absolute atomic E-state index is 13.1. The minimum Gasteiger partial charge on any atom is -0.497 e. The summed E-state index contributed by atoms with van der Waals surface area (Å²) in [5.41, 5.74) is 3.94. The van der Waals surface area contributed by atoms with Crippen LogP contribution in [0.5, 0.6) is 17.2 Å². The van der Waals surface area contributed by atoms with Crippen LogP contribution in [0.4, 0.5) is 5.69 Å². The number of fused-ring (bicyclic) bond motifs is 1. The van der Waals surface area contributed by atoms with Crippen molar-refractivity contribution < 1.29 is 23.4 Å². The van der Waals surface area contributed by atoms with Crippen molar-refractivity contribution in [3.8, 4) is 28.7 Å². The van der Waals surface area contributed by atoms with Gasteiger partial charge in [-0.2, -0.15) is 0 Å². The van der Waals surface area contributed by atoms with Gasteiger partial charge in [-0.25, -0.2) is 4.98 Å². The summed E-state index contributed by atoms with van der Waals surface area (Å²) >= 11 is 0. The third kappa shape index (κ3) is 3.90. The molecule has 0 saturated carbocycles. The van der Waals surface area contributed by atoms with Crippen molar-refractivity contribution in [2.45, 2.75) is 6.92 Å². The molecule has 0 radical (unpaired) electrons. The molecule has 0 aliphatic heterocycles. The first-order chi connectivity index (χ1) is 15.0. The number of aromatic nitrogens is 1. The van der Waals surface area contributed by atoms with Crippen LogP contribution in [0.15, 0.2) is 59.0 Å². The van der Waals surface area contributed by atoms with E-state index in [0.29, 0.717) is 45.5 Å². The van der Waals surface area contributed by atoms with Gasteiger partial charge < -0.3 is 23.9 Å². The van der Waals surface area contributed by atoms with Crippen LogP contribution in [0.2, 0.25) is 0 Å². The summed E-state index contributed by atoms with van der Waals surface area (Å²) in [6, 6.07) is 16.3. The van der Waals surface area contributed by atoms with E-state index in [2.05, 4.69) is 10.3 Å². The van der Waals surface area contributed by atoms with E-state index in [9.17, 15) is 4.79 Å². The van der Waals surface area contributed by atoms with Crippen molar-refractivity contribution in [3.63, 3.8) is 0 Å². The third-order valence-corrected chi connectivity index (χ3v) is 4.98. The Bertz CT molecular complexity index is 1240. The fourth-order valence-corrected chi connectivity index (χ4v) is 3.31. The molecule has 1 heterocycles. The average Bonchev–Trinajstić information content (AvgIpc) is 3.23. The fraction of sp³-hybridized carbons (Fsp3) is 0.167. The molecule has 0 aliphatic rings. The molecule has 1 amide bonds.